The minimum Gasteiger partial charge on any atom is -0.465 e. The van der Waals surface area contributed by atoms with E-state index in [0.717, 1.165) is 24.5 Å². The van der Waals surface area contributed by atoms with Gasteiger partial charge in [0.2, 0.25) is 10.0 Å². The molecule has 0 aliphatic heterocycles. The van der Waals surface area contributed by atoms with Crippen LogP contribution in [0.1, 0.15) is 24.9 Å². The molecule has 0 saturated heterocycles. The van der Waals surface area contributed by atoms with Crippen LogP contribution in [0, 0.1) is 6.92 Å². The lowest BCUT2D eigenvalue weighted by Crippen LogP contribution is -2.31. The number of nitrogens with one attached hydrogen (secondary N) is 1. The van der Waals surface area contributed by atoms with Gasteiger partial charge in [0.05, 0.1) is 12.3 Å². The van der Waals surface area contributed by atoms with E-state index < -0.39 is 10.0 Å². The van der Waals surface area contributed by atoms with Crippen LogP contribution in [0.3, 0.4) is 0 Å². The van der Waals surface area contributed by atoms with Crippen molar-refractivity contribution in [1.29, 1.82) is 0 Å². The first-order valence-corrected chi connectivity index (χ1v) is 7.76. The summed E-state index contributed by atoms with van der Waals surface area (Å²) >= 11 is 0. The Labute approximate surface area is 109 Å². The molecule has 1 N–H and O–H groups in total. The monoisotopic (exact) mass is 274 g/mol. The van der Waals surface area contributed by atoms with E-state index >= 15 is 0 Å². The highest BCUT2D eigenvalue weighted by atomic mass is 32.2. The first-order chi connectivity index (χ1) is 8.45. The van der Waals surface area contributed by atoms with Gasteiger partial charge in [-0.3, -0.25) is 0 Å². The fourth-order valence-electron chi connectivity index (χ4n) is 1.58. The molecule has 1 rings (SSSR count). The molecule has 104 valence electrons. The van der Waals surface area contributed by atoms with Gasteiger partial charge in [0.1, 0.15) is 11.5 Å². The maximum atomic E-state index is 11.5. The number of hydrogen-bond acceptors (Lipinski definition) is 4. The quantitative estimate of drug-likeness (QED) is 0.727. The van der Waals surface area contributed by atoms with Crippen LogP contribution in [0.25, 0.3) is 0 Å². The zero-order valence-corrected chi connectivity index (χ0v) is 12.1. The van der Waals surface area contributed by atoms with E-state index in [4.69, 9.17) is 4.42 Å². The van der Waals surface area contributed by atoms with Crippen molar-refractivity contribution in [1.82, 2.24) is 9.62 Å². The van der Waals surface area contributed by atoms with Gasteiger partial charge in [0.25, 0.3) is 0 Å². The Bertz CT molecular complexity index is 454. The Morgan fingerprint density at radius 3 is 2.67 bits per heavy atom. The molecule has 0 radical (unpaired) electrons. The Hall–Kier alpha value is -0.850. The lowest BCUT2D eigenvalue weighted by atomic mass is 10.4. The molecule has 0 unspecified atom stereocenters. The van der Waals surface area contributed by atoms with E-state index in [2.05, 4.69) is 5.32 Å². The Balaban J connectivity index is 2.16. The first kappa shape index (κ1) is 15.2. The predicted molar refractivity (Wildman–Crippen MR) is 71.9 cm³/mol. The lowest BCUT2D eigenvalue weighted by molar-refractivity contribution is 0.437. The van der Waals surface area contributed by atoms with Gasteiger partial charge in [-0.2, -0.15) is 0 Å². The molecule has 1 aromatic heterocycles. The number of hydrogen-bond donors (Lipinski definition) is 1. The number of furan rings is 1. The summed E-state index contributed by atoms with van der Waals surface area (Å²) in [6.45, 7) is 5.55. The van der Waals surface area contributed by atoms with Crippen LogP contribution in [-0.2, 0) is 16.6 Å². The van der Waals surface area contributed by atoms with Gasteiger partial charge >= 0.3 is 0 Å². The highest BCUT2D eigenvalue weighted by Crippen LogP contribution is 2.05. The van der Waals surface area contributed by atoms with Crippen molar-refractivity contribution in [3.63, 3.8) is 0 Å². The molecule has 1 heterocycles. The number of aryl methyl sites for hydroxylation is 1. The van der Waals surface area contributed by atoms with Crippen LogP contribution in [0.15, 0.2) is 16.5 Å². The largest absolute Gasteiger partial charge is 0.465 e. The second kappa shape index (κ2) is 6.92. The minimum absolute atomic E-state index is 0.155. The summed E-state index contributed by atoms with van der Waals surface area (Å²) in [5.41, 5.74) is 0. The smallest absolute Gasteiger partial charge is 0.213 e. The third-order valence-corrected chi connectivity index (χ3v) is 4.62. The van der Waals surface area contributed by atoms with Crippen LogP contribution in [-0.4, -0.2) is 38.6 Å². The van der Waals surface area contributed by atoms with Gasteiger partial charge < -0.3 is 9.73 Å². The zero-order chi connectivity index (χ0) is 13.6. The highest BCUT2D eigenvalue weighted by molar-refractivity contribution is 7.89. The summed E-state index contributed by atoms with van der Waals surface area (Å²) in [7, 11) is -1.43. The molecule has 0 atom stereocenters. The maximum absolute atomic E-state index is 11.5. The average molecular weight is 274 g/mol. The van der Waals surface area contributed by atoms with E-state index in [1.165, 1.54) is 4.31 Å². The summed E-state index contributed by atoms with van der Waals surface area (Å²) in [5.74, 6) is 1.96. The van der Waals surface area contributed by atoms with Crippen LogP contribution in [0.5, 0.6) is 0 Å². The van der Waals surface area contributed by atoms with E-state index in [-0.39, 0.29) is 5.75 Å². The molecule has 0 bridgehead atoms. The highest BCUT2D eigenvalue weighted by Gasteiger charge is 2.13. The molecule has 0 saturated carbocycles. The van der Waals surface area contributed by atoms with Gasteiger partial charge in [0.15, 0.2) is 0 Å². The second-order valence-electron chi connectivity index (χ2n) is 4.26. The molecule has 0 spiro atoms. The van der Waals surface area contributed by atoms with Crippen molar-refractivity contribution in [3.8, 4) is 0 Å². The lowest BCUT2D eigenvalue weighted by Gasteiger charge is -2.15. The minimum atomic E-state index is -3.05. The van der Waals surface area contributed by atoms with Crippen LogP contribution in [0.4, 0.5) is 0 Å². The van der Waals surface area contributed by atoms with Crippen LogP contribution < -0.4 is 5.32 Å². The van der Waals surface area contributed by atoms with Crippen molar-refractivity contribution >= 4 is 10.0 Å². The Kier molecular flexibility index (Phi) is 5.84. The van der Waals surface area contributed by atoms with Crippen LogP contribution in [0.2, 0.25) is 0 Å². The summed E-state index contributed by atoms with van der Waals surface area (Å²) in [6, 6.07) is 3.87. The third-order valence-electron chi connectivity index (χ3n) is 2.76. The van der Waals surface area contributed by atoms with E-state index in [9.17, 15) is 8.42 Å². The standard InChI is InChI=1S/C12H22N2O3S/c1-4-18(15,16)14(3)9-5-8-13-10-12-7-6-11(2)17-12/h6-7,13H,4-5,8-10H2,1-3H3. The van der Waals surface area contributed by atoms with Gasteiger partial charge in [-0.25, -0.2) is 12.7 Å². The van der Waals surface area contributed by atoms with Gasteiger partial charge in [0, 0.05) is 13.6 Å². The maximum Gasteiger partial charge on any atom is 0.213 e. The van der Waals surface area contributed by atoms with Crippen molar-refractivity contribution in [2.24, 2.45) is 0 Å². The predicted octanol–water partition coefficient (Wildman–Crippen LogP) is 1.35. The summed E-state index contributed by atoms with van der Waals surface area (Å²) in [5, 5.41) is 3.22. The molecule has 0 aromatic carbocycles. The molecular formula is C12H22N2O3S. The van der Waals surface area contributed by atoms with Crippen molar-refractivity contribution in [2.75, 3.05) is 25.9 Å². The summed E-state index contributed by atoms with van der Waals surface area (Å²) in [4.78, 5) is 0. The molecule has 18 heavy (non-hydrogen) atoms. The first-order valence-electron chi connectivity index (χ1n) is 6.15. The number of nitrogens with zero attached hydrogens (tertiary/aromatic N) is 1. The van der Waals surface area contributed by atoms with Crippen molar-refractivity contribution in [2.45, 2.75) is 26.8 Å². The molecule has 0 amide bonds. The van der Waals surface area contributed by atoms with E-state index in [0.29, 0.717) is 13.1 Å². The molecule has 5 nitrogen and oxygen atoms in total. The molecule has 1 aromatic rings. The average Bonchev–Trinajstić information content (AvgIpc) is 2.74. The second-order valence-corrected chi connectivity index (χ2v) is 6.63. The van der Waals surface area contributed by atoms with E-state index in [1.807, 2.05) is 19.1 Å². The Morgan fingerprint density at radius 1 is 1.39 bits per heavy atom. The molecule has 0 fully saturated rings. The van der Waals surface area contributed by atoms with E-state index in [1.54, 1.807) is 14.0 Å². The molecule has 0 aliphatic carbocycles. The SMILES string of the molecule is CCS(=O)(=O)N(C)CCCNCc1ccc(C)o1. The fraction of sp³-hybridized carbons (Fsp3) is 0.667. The third kappa shape index (κ3) is 4.80. The van der Waals surface area contributed by atoms with Crippen molar-refractivity contribution < 1.29 is 12.8 Å². The fourth-order valence-corrected chi connectivity index (χ4v) is 2.43. The summed E-state index contributed by atoms with van der Waals surface area (Å²) in [6.07, 6.45) is 0.787. The Morgan fingerprint density at radius 2 is 2.11 bits per heavy atom. The van der Waals surface area contributed by atoms with Gasteiger partial charge in [-0.1, -0.05) is 0 Å². The number of sulfonamides is 1. The van der Waals surface area contributed by atoms with Gasteiger partial charge in [-0.15, -0.1) is 0 Å². The normalized spacial score (nSPS) is 12.2. The molecule has 0 aliphatic rings. The number of rotatable bonds is 8. The zero-order valence-electron chi connectivity index (χ0n) is 11.3. The summed E-state index contributed by atoms with van der Waals surface area (Å²) < 4.78 is 29.8. The van der Waals surface area contributed by atoms with Crippen LogP contribution >= 0.6 is 0 Å². The van der Waals surface area contributed by atoms with Gasteiger partial charge in [-0.05, 0) is 38.9 Å². The topological polar surface area (TPSA) is 62.6 Å². The molecular weight excluding hydrogens is 252 g/mol. The molecule has 6 heteroatoms. The van der Waals surface area contributed by atoms with Crippen molar-refractivity contribution in [3.05, 3.63) is 23.7 Å².